The first-order valence-electron chi connectivity index (χ1n) is 6.89. The number of hydrogen-bond acceptors (Lipinski definition) is 3. The molecule has 3 atom stereocenters. The van der Waals surface area contributed by atoms with Crippen molar-refractivity contribution in [3.63, 3.8) is 0 Å². The van der Waals surface area contributed by atoms with E-state index >= 15 is 0 Å². The van der Waals surface area contributed by atoms with Gasteiger partial charge in [-0.15, -0.1) is 0 Å². The lowest BCUT2D eigenvalue weighted by Gasteiger charge is -2.43. The Balaban J connectivity index is 1.95. The maximum absolute atomic E-state index is 9.92. The highest BCUT2D eigenvalue weighted by atomic mass is 16.5. The molecule has 100 valence electrons. The van der Waals surface area contributed by atoms with Gasteiger partial charge in [-0.1, -0.05) is 18.2 Å². The van der Waals surface area contributed by atoms with Crippen molar-refractivity contribution >= 4 is 0 Å². The zero-order chi connectivity index (χ0) is 13.7. The minimum absolute atomic E-state index is 0.0780. The molecule has 2 aliphatic carbocycles. The maximum atomic E-state index is 9.92. The highest BCUT2D eigenvalue weighted by Crippen LogP contribution is 2.53. The van der Waals surface area contributed by atoms with E-state index in [-0.39, 0.29) is 12.0 Å². The molecule has 0 spiro atoms. The van der Waals surface area contributed by atoms with Gasteiger partial charge in [-0.2, -0.15) is 5.26 Å². The topological polar surface area (TPSA) is 42.2 Å². The maximum Gasteiger partial charge on any atom is 0.119 e. The normalized spacial score (nSPS) is 32.5. The molecule has 0 unspecified atom stereocenters. The van der Waals surface area contributed by atoms with Crippen LogP contribution in [0.5, 0.6) is 5.75 Å². The van der Waals surface area contributed by atoms with Gasteiger partial charge < -0.3 is 9.47 Å². The number of nitrogens with zero attached hydrogens (tertiary/aromatic N) is 1. The Labute approximate surface area is 118 Å². The molecule has 20 heavy (non-hydrogen) atoms. The van der Waals surface area contributed by atoms with Gasteiger partial charge in [0.15, 0.2) is 0 Å². The van der Waals surface area contributed by atoms with Crippen LogP contribution in [-0.2, 0) is 16.6 Å². The fourth-order valence-corrected chi connectivity index (χ4v) is 3.92. The number of benzene rings is 1. The third kappa shape index (κ3) is 1.29. The summed E-state index contributed by atoms with van der Waals surface area (Å²) in [6, 6.07) is 8.66. The molecule has 0 fully saturated rings. The molecule has 4 rings (SSSR count). The minimum Gasteiger partial charge on any atom is -0.497 e. The summed E-state index contributed by atoms with van der Waals surface area (Å²) in [4.78, 5) is 0. The average Bonchev–Trinajstić information content (AvgIpc) is 2.91. The van der Waals surface area contributed by atoms with Crippen LogP contribution < -0.4 is 4.74 Å². The number of ether oxygens (including phenoxy) is 2. The van der Waals surface area contributed by atoms with Crippen molar-refractivity contribution in [3.8, 4) is 11.8 Å². The van der Waals surface area contributed by atoms with Crippen molar-refractivity contribution in [1.29, 1.82) is 5.26 Å². The molecule has 3 heteroatoms. The molecule has 1 heterocycles. The Morgan fingerprint density at radius 2 is 2.35 bits per heavy atom. The van der Waals surface area contributed by atoms with Crippen molar-refractivity contribution in [1.82, 2.24) is 0 Å². The molecule has 0 saturated carbocycles. The first-order chi connectivity index (χ1) is 9.78. The fraction of sp³-hybridized carbons (Fsp3) is 0.353. The lowest BCUT2D eigenvalue weighted by atomic mass is 9.58. The van der Waals surface area contributed by atoms with Crippen LogP contribution in [0.3, 0.4) is 0 Å². The molecule has 0 bridgehead atoms. The van der Waals surface area contributed by atoms with E-state index in [2.05, 4.69) is 24.3 Å². The molecule has 0 radical (unpaired) electrons. The summed E-state index contributed by atoms with van der Waals surface area (Å²) < 4.78 is 11.1. The highest BCUT2D eigenvalue weighted by Gasteiger charge is 2.54. The van der Waals surface area contributed by atoms with Crippen molar-refractivity contribution in [2.45, 2.75) is 24.4 Å². The van der Waals surface area contributed by atoms with Crippen molar-refractivity contribution in [3.05, 3.63) is 53.3 Å². The molecule has 0 amide bonds. The van der Waals surface area contributed by atoms with E-state index in [4.69, 9.17) is 9.47 Å². The van der Waals surface area contributed by atoms with Gasteiger partial charge in [-0.25, -0.2) is 0 Å². The number of methoxy groups -OCH3 is 1. The van der Waals surface area contributed by atoms with Gasteiger partial charge in [0.25, 0.3) is 0 Å². The van der Waals surface area contributed by atoms with E-state index in [0.717, 1.165) is 29.7 Å². The molecule has 1 aromatic rings. The lowest BCUT2D eigenvalue weighted by molar-refractivity contribution is 0.0967. The van der Waals surface area contributed by atoms with Gasteiger partial charge >= 0.3 is 0 Å². The number of fused-ring (bicyclic) bond motifs is 2. The Hall–Kier alpha value is -2.21. The summed E-state index contributed by atoms with van der Waals surface area (Å²) in [6.07, 6.45) is 7.71. The van der Waals surface area contributed by atoms with E-state index in [9.17, 15) is 5.26 Å². The second-order valence-electron chi connectivity index (χ2n) is 5.69. The lowest BCUT2D eigenvalue weighted by Crippen LogP contribution is -2.46. The van der Waals surface area contributed by atoms with Gasteiger partial charge in [0.05, 0.1) is 24.9 Å². The van der Waals surface area contributed by atoms with Crippen molar-refractivity contribution in [2.75, 3.05) is 7.11 Å². The van der Waals surface area contributed by atoms with Crippen LogP contribution in [0.1, 0.15) is 17.5 Å². The molecular formula is C17H15NO2. The van der Waals surface area contributed by atoms with Crippen molar-refractivity contribution < 1.29 is 9.47 Å². The van der Waals surface area contributed by atoms with Crippen LogP contribution in [0.25, 0.3) is 0 Å². The molecule has 1 aromatic carbocycles. The Kier molecular flexibility index (Phi) is 2.26. The molecule has 0 aromatic heterocycles. The predicted octanol–water partition coefficient (Wildman–Crippen LogP) is 2.87. The Morgan fingerprint density at radius 1 is 1.45 bits per heavy atom. The van der Waals surface area contributed by atoms with Gasteiger partial charge in [0, 0.05) is 12.3 Å². The second kappa shape index (κ2) is 3.89. The number of rotatable bonds is 1. The van der Waals surface area contributed by atoms with E-state index in [0.29, 0.717) is 0 Å². The smallest absolute Gasteiger partial charge is 0.119 e. The quantitative estimate of drug-likeness (QED) is 0.784. The van der Waals surface area contributed by atoms with Crippen LogP contribution in [0.4, 0.5) is 0 Å². The van der Waals surface area contributed by atoms with E-state index in [1.54, 1.807) is 7.11 Å². The van der Waals surface area contributed by atoms with E-state index < -0.39 is 5.41 Å². The van der Waals surface area contributed by atoms with Gasteiger partial charge in [-0.3, -0.25) is 0 Å². The largest absolute Gasteiger partial charge is 0.497 e. The summed E-state index contributed by atoms with van der Waals surface area (Å²) in [7, 11) is 1.67. The first kappa shape index (κ1) is 11.6. The summed E-state index contributed by atoms with van der Waals surface area (Å²) >= 11 is 0. The second-order valence-corrected chi connectivity index (χ2v) is 5.69. The van der Waals surface area contributed by atoms with Gasteiger partial charge in [0.1, 0.15) is 11.9 Å². The number of nitriles is 1. The summed E-state index contributed by atoms with van der Waals surface area (Å²) in [5.41, 5.74) is 2.99. The van der Waals surface area contributed by atoms with E-state index in [1.807, 2.05) is 18.4 Å². The Bertz CT molecular complexity index is 683. The van der Waals surface area contributed by atoms with Crippen LogP contribution >= 0.6 is 0 Å². The van der Waals surface area contributed by atoms with E-state index in [1.165, 1.54) is 5.56 Å². The Morgan fingerprint density at radius 3 is 3.15 bits per heavy atom. The predicted molar refractivity (Wildman–Crippen MR) is 74.2 cm³/mol. The van der Waals surface area contributed by atoms with Gasteiger partial charge in [-0.05, 0) is 35.3 Å². The zero-order valence-corrected chi connectivity index (χ0v) is 11.3. The molecule has 0 saturated heterocycles. The third-order valence-electron chi connectivity index (χ3n) is 4.80. The summed E-state index contributed by atoms with van der Waals surface area (Å²) in [5, 5.41) is 9.92. The minimum atomic E-state index is -0.485. The molecular weight excluding hydrogens is 250 g/mol. The summed E-state index contributed by atoms with van der Waals surface area (Å²) in [6.45, 7) is 0. The number of hydrogen-bond donors (Lipinski definition) is 0. The first-order valence-corrected chi connectivity index (χ1v) is 6.89. The fourth-order valence-electron chi connectivity index (χ4n) is 3.92. The molecule has 1 aliphatic heterocycles. The zero-order valence-electron chi connectivity index (χ0n) is 11.3. The standard InChI is InChI=1S/C17H15NO2/c1-19-13-4-5-14-12(7-13)8-15-16-11(9-20-15)3-2-6-17(14,16)10-18/h2-5,7,9,15-16H,6,8H2,1H3/t15-,16-,17-/m1/s1. The van der Waals surface area contributed by atoms with Crippen LogP contribution in [0.2, 0.25) is 0 Å². The summed E-state index contributed by atoms with van der Waals surface area (Å²) in [5.74, 6) is 1.01. The van der Waals surface area contributed by atoms with Crippen LogP contribution in [0.15, 0.2) is 42.2 Å². The molecule has 3 nitrogen and oxygen atoms in total. The number of allylic oxidation sites excluding steroid dienone is 2. The molecule has 3 aliphatic rings. The van der Waals surface area contributed by atoms with Crippen LogP contribution in [0, 0.1) is 17.2 Å². The highest BCUT2D eigenvalue weighted by molar-refractivity contribution is 5.53. The van der Waals surface area contributed by atoms with Crippen molar-refractivity contribution in [2.24, 2.45) is 5.92 Å². The average molecular weight is 265 g/mol. The van der Waals surface area contributed by atoms with Crippen LogP contribution in [-0.4, -0.2) is 13.2 Å². The monoisotopic (exact) mass is 265 g/mol. The molecule has 0 N–H and O–H groups in total. The third-order valence-corrected chi connectivity index (χ3v) is 4.80. The van der Waals surface area contributed by atoms with Gasteiger partial charge in [0.2, 0.25) is 0 Å². The SMILES string of the molecule is COc1ccc2c(c1)C[C@H]1OC=C3C=CC[C@]2(C#N)[C@H]31.